The Morgan fingerprint density at radius 1 is 1.08 bits per heavy atom. The van der Waals surface area contributed by atoms with Gasteiger partial charge in [-0.3, -0.25) is 14.3 Å². The number of likely N-dealkylation sites (tertiary alicyclic amines) is 1. The molecule has 0 amide bonds. The van der Waals surface area contributed by atoms with E-state index in [0.717, 1.165) is 18.9 Å². The van der Waals surface area contributed by atoms with Gasteiger partial charge in [-0.15, -0.1) is 0 Å². The van der Waals surface area contributed by atoms with Gasteiger partial charge in [-0.25, -0.2) is 13.2 Å². The fraction of sp³-hybridized carbons (Fsp3) is 0.440. The van der Waals surface area contributed by atoms with E-state index in [1.54, 1.807) is 0 Å². The molecule has 1 aromatic heterocycles. The zero-order valence-electron chi connectivity index (χ0n) is 20.4. The highest BCUT2D eigenvalue weighted by molar-refractivity contribution is 7.91. The molecule has 1 saturated heterocycles. The summed E-state index contributed by atoms with van der Waals surface area (Å²) in [5, 5.41) is -0.128. The first-order valence-electron chi connectivity index (χ1n) is 11.9. The molecule has 2 aromatic carbocycles. The van der Waals surface area contributed by atoms with Gasteiger partial charge in [-0.1, -0.05) is 31.9 Å². The van der Waals surface area contributed by atoms with Crippen LogP contribution in [-0.4, -0.2) is 41.7 Å². The lowest BCUT2D eigenvalue weighted by atomic mass is 10.0. The Labute approximate surface area is 216 Å². The number of H-pyrrole nitrogens is 1. The van der Waals surface area contributed by atoms with E-state index < -0.39 is 39.4 Å². The van der Waals surface area contributed by atoms with Crippen molar-refractivity contribution < 1.29 is 21.6 Å². The van der Waals surface area contributed by atoms with Crippen molar-refractivity contribution in [3.05, 3.63) is 72.9 Å². The van der Waals surface area contributed by atoms with Crippen molar-refractivity contribution in [3.63, 3.8) is 0 Å². The van der Waals surface area contributed by atoms with Gasteiger partial charge in [-0.2, -0.15) is 13.2 Å². The van der Waals surface area contributed by atoms with Crippen LogP contribution in [0, 0.1) is 5.92 Å². The van der Waals surface area contributed by atoms with E-state index in [9.17, 15) is 31.2 Å². The Morgan fingerprint density at radius 3 is 2.43 bits per heavy atom. The minimum atomic E-state index is -4.71. The van der Waals surface area contributed by atoms with E-state index >= 15 is 0 Å². The van der Waals surface area contributed by atoms with Crippen LogP contribution in [0.2, 0.25) is 5.02 Å². The maximum atomic E-state index is 14.0. The predicted molar refractivity (Wildman–Crippen MR) is 136 cm³/mol. The first-order chi connectivity index (χ1) is 17.3. The first-order valence-corrected chi connectivity index (χ1v) is 14.0. The molecule has 200 valence electrons. The summed E-state index contributed by atoms with van der Waals surface area (Å²) in [5.41, 5.74) is -2.69. The summed E-state index contributed by atoms with van der Waals surface area (Å²) in [4.78, 5) is 30.5. The van der Waals surface area contributed by atoms with Gasteiger partial charge < -0.3 is 4.98 Å². The highest BCUT2D eigenvalue weighted by atomic mass is 35.5. The topological polar surface area (TPSA) is 92.2 Å². The molecule has 0 radical (unpaired) electrons. The number of rotatable bonds is 7. The summed E-state index contributed by atoms with van der Waals surface area (Å²) in [7, 11) is -3.72. The van der Waals surface area contributed by atoms with E-state index in [4.69, 9.17) is 11.6 Å². The molecular weight excluding hydrogens is 531 g/mol. The zero-order valence-corrected chi connectivity index (χ0v) is 21.9. The van der Waals surface area contributed by atoms with E-state index in [1.165, 1.54) is 31.2 Å². The number of halogens is 4. The lowest BCUT2D eigenvalue weighted by Gasteiger charge is -2.20. The van der Waals surface area contributed by atoms with Crippen molar-refractivity contribution in [2.75, 3.05) is 18.8 Å². The fourth-order valence-electron chi connectivity index (χ4n) is 4.81. The molecule has 0 bridgehead atoms. The average molecular weight is 558 g/mol. The molecule has 37 heavy (non-hydrogen) atoms. The summed E-state index contributed by atoms with van der Waals surface area (Å²) < 4.78 is 67.9. The third kappa shape index (κ3) is 5.63. The summed E-state index contributed by atoms with van der Waals surface area (Å²) in [6.45, 7) is 4.43. The summed E-state index contributed by atoms with van der Waals surface area (Å²) in [5.74, 6) is 0.202. The Hall–Kier alpha value is -2.63. The van der Waals surface area contributed by atoms with Gasteiger partial charge in [0, 0.05) is 18.1 Å². The molecule has 1 aliphatic heterocycles. The van der Waals surface area contributed by atoms with E-state index in [0.29, 0.717) is 23.6 Å². The largest absolute Gasteiger partial charge is 0.416 e. The molecule has 1 atom stereocenters. The molecule has 2 heterocycles. The average Bonchev–Trinajstić information content (AvgIpc) is 3.28. The normalized spacial score (nSPS) is 17.1. The van der Waals surface area contributed by atoms with Crippen LogP contribution >= 0.6 is 11.6 Å². The number of hydrogen-bond acceptors (Lipinski definition) is 5. The standard InChI is InChI=1S/C25H27ClF3N3O4S/c1-3-15-7-8-31(12-15)13-16-10-21-19(11-20(16)25(27,28)29)23(33)32(24(34)30-21)14-17-9-18(26)5-6-22(17)37(35,36)4-2/h5-6,9-11,15H,3-4,7-8,12-14H2,1-2H3,(H,30,34)/t15-/m1/s1. The van der Waals surface area contributed by atoms with Crippen molar-refractivity contribution in [2.24, 2.45) is 5.92 Å². The Bertz CT molecular complexity index is 1560. The number of sulfone groups is 1. The summed E-state index contributed by atoms with van der Waals surface area (Å²) in [6, 6.07) is 5.98. The zero-order chi connectivity index (χ0) is 27.1. The van der Waals surface area contributed by atoms with Gasteiger partial charge in [-0.05, 0) is 60.3 Å². The minimum absolute atomic E-state index is 0.00649. The van der Waals surface area contributed by atoms with Gasteiger partial charge in [0.2, 0.25) is 0 Å². The third-order valence-electron chi connectivity index (χ3n) is 6.92. The van der Waals surface area contributed by atoms with Crippen molar-refractivity contribution in [1.82, 2.24) is 14.5 Å². The maximum Gasteiger partial charge on any atom is 0.416 e. The van der Waals surface area contributed by atoms with E-state index in [2.05, 4.69) is 4.98 Å². The van der Waals surface area contributed by atoms with Crippen LogP contribution in [0.1, 0.15) is 43.4 Å². The molecule has 0 spiro atoms. The van der Waals surface area contributed by atoms with Crippen LogP contribution < -0.4 is 11.2 Å². The number of fused-ring (bicyclic) bond motifs is 1. The maximum absolute atomic E-state index is 14.0. The highest BCUT2D eigenvalue weighted by Gasteiger charge is 2.35. The monoisotopic (exact) mass is 557 g/mol. The lowest BCUT2D eigenvalue weighted by Crippen LogP contribution is -2.36. The number of nitrogens with zero attached hydrogens (tertiary/aromatic N) is 2. The first kappa shape index (κ1) is 27.4. The quantitative estimate of drug-likeness (QED) is 0.464. The number of aromatic amines is 1. The highest BCUT2D eigenvalue weighted by Crippen LogP contribution is 2.35. The molecule has 0 aliphatic carbocycles. The lowest BCUT2D eigenvalue weighted by molar-refractivity contribution is -0.138. The Morgan fingerprint density at radius 2 is 1.81 bits per heavy atom. The van der Waals surface area contributed by atoms with Gasteiger partial charge in [0.05, 0.1) is 33.7 Å². The summed E-state index contributed by atoms with van der Waals surface area (Å²) in [6.07, 6.45) is -2.86. The van der Waals surface area contributed by atoms with Crippen LogP contribution in [0.5, 0.6) is 0 Å². The van der Waals surface area contributed by atoms with E-state index in [1.807, 2.05) is 11.8 Å². The van der Waals surface area contributed by atoms with Crippen molar-refractivity contribution >= 4 is 32.3 Å². The fourth-order valence-corrected chi connectivity index (χ4v) is 6.12. The second-order valence-corrected chi connectivity index (χ2v) is 12.0. The minimum Gasteiger partial charge on any atom is -0.307 e. The number of benzene rings is 2. The van der Waals surface area contributed by atoms with Crippen molar-refractivity contribution in [1.29, 1.82) is 0 Å². The Balaban J connectivity index is 1.83. The molecule has 1 fully saturated rings. The molecule has 4 rings (SSSR count). The van der Waals surface area contributed by atoms with Crippen molar-refractivity contribution in [3.8, 4) is 0 Å². The molecule has 7 nitrogen and oxygen atoms in total. The van der Waals surface area contributed by atoms with Crippen LogP contribution in [0.4, 0.5) is 13.2 Å². The van der Waals surface area contributed by atoms with Crippen LogP contribution in [-0.2, 0) is 29.1 Å². The third-order valence-corrected chi connectivity index (χ3v) is 8.98. The molecule has 1 aliphatic rings. The van der Waals surface area contributed by atoms with Gasteiger partial charge in [0.25, 0.3) is 5.56 Å². The number of nitrogens with one attached hydrogen (secondary N) is 1. The van der Waals surface area contributed by atoms with Gasteiger partial charge in [0.1, 0.15) is 0 Å². The number of aromatic nitrogens is 2. The second kappa shape index (κ2) is 10.3. The Kier molecular flexibility index (Phi) is 7.60. The van der Waals surface area contributed by atoms with Gasteiger partial charge >= 0.3 is 11.9 Å². The van der Waals surface area contributed by atoms with Crippen LogP contribution in [0.25, 0.3) is 10.9 Å². The molecule has 12 heteroatoms. The predicted octanol–water partition coefficient (Wildman–Crippen LogP) is 4.44. The molecule has 0 unspecified atom stereocenters. The second-order valence-electron chi connectivity index (χ2n) is 9.33. The SMILES string of the molecule is CC[C@@H]1CCN(Cc2cc3[nH]c(=O)n(Cc4cc(Cl)ccc4S(=O)(=O)CC)c(=O)c3cc2C(F)(F)F)C1. The van der Waals surface area contributed by atoms with Crippen molar-refractivity contribution in [2.45, 2.75) is 50.9 Å². The smallest absolute Gasteiger partial charge is 0.307 e. The molecule has 3 aromatic rings. The van der Waals surface area contributed by atoms with E-state index in [-0.39, 0.29) is 44.2 Å². The molecular formula is C25H27ClF3N3O4S. The summed E-state index contributed by atoms with van der Waals surface area (Å²) >= 11 is 6.03. The van der Waals surface area contributed by atoms with Crippen LogP contribution in [0.3, 0.4) is 0 Å². The molecule has 0 saturated carbocycles. The number of hydrogen-bond donors (Lipinski definition) is 1. The number of alkyl halides is 3. The van der Waals surface area contributed by atoms with Crippen LogP contribution in [0.15, 0.2) is 44.8 Å². The van der Waals surface area contributed by atoms with Gasteiger partial charge in [0.15, 0.2) is 9.84 Å². The molecule has 1 N–H and O–H groups in total.